The molecule has 1 nitrogen and oxygen atoms in total. The van der Waals surface area contributed by atoms with E-state index < -0.39 is 5.82 Å². The van der Waals surface area contributed by atoms with Crippen LogP contribution in [0.1, 0.15) is 23.7 Å². The minimum Gasteiger partial charge on any atom is -0.294 e. The van der Waals surface area contributed by atoms with E-state index in [9.17, 15) is 9.18 Å². The number of hydrogen-bond donors (Lipinski definition) is 0. The minimum atomic E-state index is -0.434. The van der Waals surface area contributed by atoms with Crippen molar-refractivity contribution in [2.75, 3.05) is 0 Å². The smallest absolute Gasteiger partial charge is 0.169 e. The number of ketones is 1. The first-order chi connectivity index (χ1) is 6.61. The summed E-state index contributed by atoms with van der Waals surface area (Å²) in [5.74, 6) is -0.0346. The van der Waals surface area contributed by atoms with E-state index >= 15 is 0 Å². The third-order valence-electron chi connectivity index (χ3n) is 2.66. The van der Waals surface area contributed by atoms with Crippen LogP contribution in [0, 0.1) is 17.7 Å². The van der Waals surface area contributed by atoms with Crippen LogP contribution in [-0.2, 0) is 0 Å². The summed E-state index contributed by atoms with van der Waals surface area (Å²) in [6.07, 6.45) is 0.894. The van der Waals surface area contributed by atoms with Crippen molar-refractivity contribution in [1.29, 1.82) is 0 Å². The van der Waals surface area contributed by atoms with Crippen LogP contribution in [-0.4, -0.2) is 5.78 Å². The van der Waals surface area contributed by atoms with E-state index in [1.807, 2.05) is 6.92 Å². The molecule has 0 saturated heterocycles. The highest BCUT2D eigenvalue weighted by atomic mass is 79.9. The summed E-state index contributed by atoms with van der Waals surface area (Å²) in [4.78, 5) is 11.7. The van der Waals surface area contributed by atoms with Gasteiger partial charge in [0.15, 0.2) is 5.78 Å². The monoisotopic (exact) mass is 256 g/mol. The SMILES string of the molecule is CC1CC1C(=O)c1cccc(Br)c1F. The number of carbonyl (C=O) groups is 1. The van der Waals surface area contributed by atoms with Gasteiger partial charge >= 0.3 is 0 Å². The summed E-state index contributed by atoms with van der Waals surface area (Å²) in [6.45, 7) is 2.01. The second-order valence-electron chi connectivity index (χ2n) is 3.79. The predicted octanol–water partition coefficient (Wildman–Crippen LogP) is 3.43. The molecule has 14 heavy (non-hydrogen) atoms. The highest BCUT2D eigenvalue weighted by Gasteiger charge is 2.40. The normalized spacial score (nSPS) is 24.8. The lowest BCUT2D eigenvalue weighted by Gasteiger charge is -2.02. The van der Waals surface area contributed by atoms with E-state index in [2.05, 4.69) is 15.9 Å². The fourth-order valence-electron chi connectivity index (χ4n) is 1.58. The molecule has 0 N–H and O–H groups in total. The first kappa shape index (κ1) is 9.84. The summed E-state index contributed by atoms with van der Waals surface area (Å²) in [5, 5.41) is 0. The largest absolute Gasteiger partial charge is 0.294 e. The molecule has 0 amide bonds. The first-order valence-electron chi connectivity index (χ1n) is 4.59. The first-order valence-corrected chi connectivity index (χ1v) is 5.38. The Morgan fingerprint density at radius 2 is 2.21 bits per heavy atom. The van der Waals surface area contributed by atoms with Crippen molar-refractivity contribution < 1.29 is 9.18 Å². The molecule has 0 bridgehead atoms. The molecule has 0 aliphatic heterocycles. The number of benzene rings is 1. The number of hydrogen-bond acceptors (Lipinski definition) is 1. The average Bonchev–Trinajstić information content (AvgIpc) is 2.87. The molecular weight excluding hydrogens is 247 g/mol. The Bertz CT molecular complexity index is 389. The van der Waals surface area contributed by atoms with Crippen molar-refractivity contribution in [1.82, 2.24) is 0 Å². The van der Waals surface area contributed by atoms with Gasteiger partial charge in [0.25, 0.3) is 0 Å². The Labute approximate surface area is 90.4 Å². The Kier molecular flexibility index (Phi) is 2.43. The third kappa shape index (κ3) is 1.61. The summed E-state index contributed by atoms with van der Waals surface area (Å²) in [5.41, 5.74) is 0.216. The molecule has 1 fully saturated rings. The van der Waals surface area contributed by atoms with Gasteiger partial charge in [0.1, 0.15) is 5.82 Å². The summed E-state index contributed by atoms with van der Waals surface area (Å²) < 4.78 is 13.9. The van der Waals surface area contributed by atoms with Crippen molar-refractivity contribution in [2.45, 2.75) is 13.3 Å². The van der Waals surface area contributed by atoms with Gasteiger partial charge < -0.3 is 0 Å². The summed E-state index contributed by atoms with van der Waals surface area (Å²) in [7, 11) is 0. The van der Waals surface area contributed by atoms with Gasteiger partial charge in [-0.05, 0) is 40.4 Å². The van der Waals surface area contributed by atoms with Gasteiger partial charge in [0.05, 0.1) is 10.0 Å². The molecule has 1 aromatic rings. The van der Waals surface area contributed by atoms with Crippen LogP contribution >= 0.6 is 15.9 Å². The van der Waals surface area contributed by atoms with Crippen LogP contribution < -0.4 is 0 Å². The van der Waals surface area contributed by atoms with Gasteiger partial charge in [0, 0.05) is 5.92 Å². The van der Waals surface area contributed by atoms with Crippen molar-refractivity contribution in [3.05, 3.63) is 34.1 Å². The van der Waals surface area contributed by atoms with Crippen molar-refractivity contribution >= 4 is 21.7 Å². The molecule has 1 aromatic carbocycles. The lowest BCUT2D eigenvalue weighted by Crippen LogP contribution is -2.05. The summed E-state index contributed by atoms with van der Waals surface area (Å²) >= 11 is 3.07. The summed E-state index contributed by atoms with van der Waals surface area (Å²) in [6, 6.07) is 4.84. The molecule has 3 heteroatoms. The maximum Gasteiger partial charge on any atom is 0.169 e. The molecular formula is C11H10BrFO. The van der Waals surface area contributed by atoms with E-state index in [1.54, 1.807) is 18.2 Å². The molecule has 0 heterocycles. The Hall–Kier alpha value is -0.700. The molecule has 2 rings (SSSR count). The van der Waals surface area contributed by atoms with E-state index in [-0.39, 0.29) is 17.3 Å². The molecule has 1 aliphatic rings. The molecule has 1 aliphatic carbocycles. The van der Waals surface area contributed by atoms with Crippen molar-refractivity contribution in [3.63, 3.8) is 0 Å². The number of Topliss-reactive ketones (excluding diaryl/α,β-unsaturated/α-hetero) is 1. The zero-order valence-corrected chi connectivity index (χ0v) is 9.34. The van der Waals surface area contributed by atoms with Crippen LogP contribution in [0.15, 0.2) is 22.7 Å². The predicted molar refractivity (Wildman–Crippen MR) is 55.7 cm³/mol. The van der Waals surface area contributed by atoms with Crippen molar-refractivity contribution in [3.8, 4) is 0 Å². The Balaban J connectivity index is 2.32. The minimum absolute atomic E-state index is 0.0406. The lowest BCUT2D eigenvalue weighted by atomic mass is 10.1. The van der Waals surface area contributed by atoms with E-state index in [1.165, 1.54) is 0 Å². The molecule has 2 atom stereocenters. The standard InChI is InChI=1S/C11H10BrFO/c1-6-5-8(6)11(14)7-3-2-4-9(12)10(7)13/h2-4,6,8H,5H2,1H3. The van der Waals surface area contributed by atoms with Gasteiger partial charge in [-0.1, -0.05) is 13.0 Å². The third-order valence-corrected chi connectivity index (χ3v) is 3.28. The van der Waals surface area contributed by atoms with Gasteiger partial charge in [-0.3, -0.25) is 4.79 Å². The van der Waals surface area contributed by atoms with Gasteiger partial charge in [-0.2, -0.15) is 0 Å². The van der Waals surface area contributed by atoms with Crippen LogP contribution in [0.4, 0.5) is 4.39 Å². The fourth-order valence-corrected chi connectivity index (χ4v) is 1.95. The Morgan fingerprint density at radius 3 is 2.79 bits per heavy atom. The van der Waals surface area contributed by atoms with Crippen LogP contribution in [0.3, 0.4) is 0 Å². The van der Waals surface area contributed by atoms with Crippen LogP contribution in [0.2, 0.25) is 0 Å². The molecule has 1 saturated carbocycles. The molecule has 0 radical (unpaired) electrons. The van der Waals surface area contributed by atoms with E-state index in [0.29, 0.717) is 10.4 Å². The van der Waals surface area contributed by atoms with Gasteiger partial charge in [-0.15, -0.1) is 0 Å². The van der Waals surface area contributed by atoms with E-state index in [4.69, 9.17) is 0 Å². The maximum atomic E-state index is 13.5. The number of rotatable bonds is 2. The topological polar surface area (TPSA) is 17.1 Å². The second kappa shape index (κ2) is 3.46. The number of carbonyl (C=O) groups excluding carboxylic acids is 1. The molecule has 0 aromatic heterocycles. The highest BCUT2D eigenvalue weighted by Crippen LogP contribution is 2.40. The zero-order chi connectivity index (χ0) is 10.3. The van der Waals surface area contributed by atoms with Gasteiger partial charge in [0.2, 0.25) is 0 Å². The average molecular weight is 257 g/mol. The number of halogens is 2. The zero-order valence-electron chi connectivity index (χ0n) is 7.76. The maximum absolute atomic E-state index is 13.5. The van der Waals surface area contributed by atoms with Crippen LogP contribution in [0.25, 0.3) is 0 Å². The van der Waals surface area contributed by atoms with E-state index in [0.717, 1.165) is 6.42 Å². The molecule has 74 valence electrons. The molecule has 0 spiro atoms. The quantitative estimate of drug-likeness (QED) is 0.742. The Morgan fingerprint density at radius 1 is 1.57 bits per heavy atom. The molecule has 2 unspecified atom stereocenters. The highest BCUT2D eigenvalue weighted by molar-refractivity contribution is 9.10. The second-order valence-corrected chi connectivity index (χ2v) is 4.64. The van der Waals surface area contributed by atoms with Crippen molar-refractivity contribution in [2.24, 2.45) is 11.8 Å². The fraction of sp³-hybridized carbons (Fsp3) is 0.364. The van der Waals surface area contributed by atoms with Crippen LogP contribution in [0.5, 0.6) is 0 Å². The van der Waals surface area contributed by atoms with Gasteiger partial charge in [-0.25, -0.2) is 4.39 Å². The lowest BCUT2D eigenvalue weighted by molar-refractivity contribution is 0.0958.